The van der Waals surface area contributed by atoms with Crippen molar-refractivity contribution in [3.05, 3.63) is 100 Å². The van der Waals surface area contributed by atoms with Crippen LogP contribution < -0.4 is 4.90 Å². The largest absolute Gasteiger partial charge is 0.462 e. The van der Waals surface area contributed by atoms with E-state index in [2.05, 4.69) is 0 Å². The van der Waals surface area contributed by atoms with Gasteiger partial charge in [-0.05, 0) is 48.9 Å². The zero-order valence-corrected chi connectivity index (χ0v) is 20.8. The third-order valence-corrected chi connectivity index (χ3v) is 7.61. The number of carbonyl (C=O) groups excluding carboxylic acids is 5. The molecule has 0 radical (unpaired) electrons. The molecule has 2 saturated heterocycles. The van der Waals surface area contributed by atoms with Crippen molar-refractivity contribution < 1.29 is 33.4 Å². The minimum absolute atomic E-state index is 0.158. The smallest absolute Gasteiger partial charge is 0.338 e. The van der Waals surface area contributed by atoms with E-state index >= 15 is 0 Å². The van der Waals surface area contributed by atoms with Crippen molar-refractivity contribution in [2.24, 2.45) is 11.8 Å². The Labute approximate surface area is 222 Å². The van der Waals surface area contributed by atoms with Crippen molar-refractivity contribution in [2.75, 3.05) is 11.5 Å². The lowest BCUT2D eigenvalue weighted by Gasteiger charge is -2.27. The quantitative estimate of drug-likeness (QED) is 0.283. The molecule has 2 amide bonds. The van der Waals surface area contributed by atoms with E-state index in [0.29, 0.717) is 10.6 Å². The monoisotopic (exact) mass is 529 g/mol. The highest BCUT2D eigenvalue weighted by atomic mass is 35.5. The number of hydrogen-bond donors (Lipinski definition) is 0. The van der Waals surface area contributed by atoms with Gasteiger partial charge in [0.05, 0.1) is 35.8 Å². The average Bonchev–Trinajstić information content (AvgIpc) is 3.49. The molecule has 6 rings (SSSR count). The van der Waals surface area contributed by atoms with Gasteiger partial charge in [0.2, 0.25) is 29.0 Å². The van der Waals surface area contributed by atoms with E-state index < -0.39 is 52.9 Å². The maximum atomic E-state index is 14.0. The van der Waals surface area contributed by atoms with Crippen molar-refractivity contribution in [2.45, 2.75) is 18.6 Å². The lowest BCUT2D eigenvalue weighted by Crippen LogP contribution is -2.51. The van der Waals surface area contributed by atoms with Gasteiger partial charge in [-0.3, -0.25) is 19.2 Å². The van der Waals surface area contributed by atoms with Gasteiger partial charge in [0, 0.05) is 16.1 Å². The highest BCUT2D eigenvalue weighted by Gasteiger charge is 2.74. The summed E-state index contributed by atoms with van der Waals surface area (Å²) >= 11 is 6.06. The molecule has 2 aliphatic heterocycles. The van der Waals surface area contributed by atoms with Crippen LogP contribution in [0, 0.1) is 11.8 Å². The molecule has 1 aliphatic carbocycles. The number of amides is 2. The van der Waals surface area contributed by atoms with Crippen LogP contribution in [0.3, 0.4) is 0 Å². The van der Waals surface area contributed by atoms with Crippen molar-refractivity contribution in [1.82, 2.24) is 0 Å². The lowest BCUT2D eigenvalue weighted by atomic mass is 9.77. The van der Waals surface area contributed by atoms with Crippen LogP contribution in [0.4, 0.5) is 5.69 Å². The Kier molecular flexibility index (Phi) is 5.55. The molecule has 3 aromatic rings. The minimum Gasteiger partial charge on any atom is -0.462 e. The third kappa shape index (κ3) is 3.23. The van der Waals surface area contributed by atoms with Gasteiger partial charge >= 0.3 is 5.97 Å². The molecule has 8 nitrogen and oxygen atoms in total. The van der Waals surface area contributed by atoms with Crippen molar-refractivity contribution >= 4 is 46.6 Å². The van der Waals surface area contributed by atoms with Crippen LogP contribution in [0.15, 0.2) is 72.8 Å². The van der Waals surface area contributed by atoms with Gasteiger partial charge < -0.3 is 9.47 Å². The standard InChI is InChI=1S/C29H20ClNO7/c1-2-37-28(36)16-9-13-18(14-10-16)31-26(34)21-22(27(31)35)29(38-23(21)15-7-11-17(30)12-8-15)24(32)19-5-3-4-6-20(19)25(29)33/h3-14,21-23H,2H2,1H3/t21-,22+,23-/m1/s1. The summed E-state index contributed by atoms with van der Waals surface area (Å²) in [5.41, 5.74) is -0.868. The number of Topliss-reactive ketones (excluding diaryl/α,β-unsaturated/α-hetero) is 2. The molecule has 3 aromatic carbocycles. The van der Waals surface area contributed by atoms with Crippen LogP contribution in [-0.2, 0) is 19.1 Å². The lowest BCUT2D eigenvalue weighted by molar-refractivity contribution is -0.127. The van der Waals surface area contributed by atoms with Gasteiger partial charge in [-0.2, -0.15) is 0 Å². The molecular formula is C29H20ClNO7. The molecule has 1 spiro atoms. The van der Waals surface area contributed by atoms with E-state index in [-0.39, 0.29) is 29.0 Å². The van der Waals surface area contributed by atoms with Crippen LogP contribution in [0.1, 0.15) is 49.7 Å². The van der Waals surface area contributed by atoms with Crippen molar-refractivity contribution in [3.8, 4) is 0 Å². The summed E-state index contributed by atoms with van der Waals surface area (Å²) in [5.74, 6) is -5.61. The highest BCUT2D eigenvalue weighted by Crippen LogP contribution is 2.57. The number of anilines is 1. The summed E-state index contributed by atoms with van der Waals surface area (Å²) in [5, 5.41) is 0.454. The van der Waals surface area contributed by atoms with Gasteiger partial charge in [-0.1, -0.05) is 48.0 Å². The number of halogens is 1. The van der Waals surface area contributed by atoms with E-state index in [0.717, 1.165) is 4.90 Å². The number of carbonyl (C=O) groups is 5. The molecule has 0 N–H and O–H groups in total. The van der Waals surface area contributed by atoms with E-state index in [1.807, 2.05) is 0 Å². The van der Waals surface area contributed by atoms with Crippen molar-refractivity contribution in [3.63, 3.8) is 0 Å². The predicted molar refractivity (Wildman–Crippen MR) is 135 cm³/mol. The summed E-state index contributed by atoms with van der Waals surface area (Å²) in [7, 11) is 0. The van der Waals surface area contributed by atoms with Crippen LogP contribution in [0.5, 0.6) is 0 Å². The second kappa shape index (κ2) is 8.72. The molecular weight excluding hydrogens is 510 g/mol. The number of ether oxygens (including phenoxy) is 2. The fraction of sp³-hybridized carbons (Fsp3) is 0.207. The first-order valence-electron chi connectivity index (χ1n) is 12.1. The second-order valence-corrected chi connectivity index (χ2v) is 9.75. The van der Waals surface area contributed by atoms with Crippen LogP contribution in [0.25, 0.3) is 0 Å². The molecule has 190 valence electrons. The normalized spacial score (nSPS) is 23.2. The SMILES string of the molecule is CCOC(=O)c1ccc(N2C(=O)[C@H]3[C@@H](c4ccc(Cl)cc4)OC4(C(=O)c5ccccc5C4=O)[C@@H]3C2=O)cc1. The maximum Gasteiger partial charge on any atom is 0.338 e. The molecule has 0 bridgehead atoms. The zero-order valence-electron chi connectivity index (χ0n) is 20.1. The topological polar surface area (TPSA) is 107 Å². The maximum absolute atomic E-state index is 14.0. The first kappa shape index (κ1) is 24.2. The first-order valence-corrected chi connectivity index (χ1v) is 12.4. The Hall–Kier alpha value is -4.14. The van der Waals surface area contributed by atoms with Crippen LogP contribution >= 0.6 is 11.6 Å². The highest BCUT2D eigenvalue weighted by molar-refractivity contribution is 6.37. The van der Waals surface area contributed by atoms with E-state index in [9.17, 15) is 24.0 Å². The number of imide groups is 1. The molecule has 3 aliphatic rings. The first-order chi connectivity index (χ1) is 18.3. The van der Waals surface area contributed by atoms with E-state index in [4.69, 9.17) is 21.1 Å². The summed E-state index contributed by atoms with van der Waals surface area (Å²) in [6, 6.07) is 18.6. The van der Waals surface area contributed by atoms with Crippen LogP contribution in [-0.4, -0.2) is 41.6 Å². The average molecular weight is 530 g/mol. The van der Waals surface area contributed by atoms with Gasteiger partial charge in [-0.25, -0.2) is 9.69 Å². The number of fused-ring (bicyclic) bond motifs is 3. The number of nitrogens with zero attached hydrogens (tertiary/aromatic N) is 1. The molecule has 3 atom stereocenters. The number of esters is 1. The molecule has 2 fully saturated rings. The molecule has 9 heteroatoms. The fourth-order valence-electron chi connectivity index (χ4n) is 5.69. The zero-order chi connectivity index (χ0) is 26.8. The van der Waals surface area contributed by atoms with E-state index in [1.54, 1.807) is 43.3 Å². The van der Waals surface area contributed by atoms with Crippen LogP contribution in [0.2, 0.25) is 5.02 Å². The fourth-order valence-corrected chi connectivity index (χ4v) is 5.81. The Morgan fingerprint density at radius 3 is 2.08 bits per heavy atom. The van der Waals surface area contributed by atoms with Gasteiger partial charge in [0.25, 0.3) is 0 Å². The molecule has 0 unspecified atom stereocenters. The van der Waals surface area contributed by atoms with Gasteiger partial charge in [0.1, 0.15) is 0 Å². The van der Waals surface area contributed by atoms with Crippen molar-refractivity contribution in [1.29, 1.82) is 0 Å². The number of benzene rings is 3. The Morgan fingerprint density at radius 2 is 1.50 bits per heavy atom. The summed E-state index contributed by atoms with van der Waals surface area (Å²) in [4.78, 5) is 68.4. The third-order valence-electron chi connectivity index (χ3n) is 7.35. The molecule has 0 aromatic heterocycles. The Balaban J connectivity index is 1.46. The Morgan fingerprint density at radius 1 is 0.895 bits per heavy atom. The second-order valence-electron chi connectivity index (χ2n) is 9.31. The number of hydrogen-bond acceptors (Lipinski definition) is 7. The molecule has 38 heavy (non-hydrogen) atoms. The number of rotatable bonds is 4. The predicted octanol–water partition coefficient (Wildman–Crippen LogP) is 4.21. The van der Waals surface area contributed by atoms with Gasteiger partial charge in [-0.15, -0.1) is 0 Å². The summed E-state index contributed by atoms with van der Waals surface area (Å²) in [6.07, 6.45) is -1.04. The summed E-state index contributed by atoms with van der Waals surface area (Å²) in [6.45, 7) is 1.89. The summed E-state index contributed by atoms with van der Waals surface area (Å²) < 4.78 is 11.2. The molecule has 2 heterocycles. The molecule has 0 saturated carbocycles. The number of ketones is 2. The Bertz CT molecular complexity index is 1490. The van der Waals surface area contributed by atoms with Gasteiger partial charge in [0.15, 0.2) is 0 Å². The van der Waals surface area contributed by atoms with E-state index in [1.165, 1.54) is 36.4 Å². The minimum atomic E-state index is -2.16.